The van der Waals surface area contributed by atoms with Crippen LogP contribution in [0.2, 0.25) is 0 Å². The number of anilines is 1. The van der Waals surface area contributed by atoms with Crippen LogP contribution in [-0.2, 0) is 12.7 Å². The molecular formula is C18H21F3N4OS. The van der Waals surface area contributed by atoms with Crippen LogP contribution in [0.5, 0.6) is 0 Å². The van der Waals surface area contributed by atoms with Gasteiger partial charge in [0.05, 0.1) is 5.56 Å². The molecule has 0 spiro atoms. The number of carbonyl (C=O) groups is 1. The van der Waals surface area contributed by atoms with Gasteiger partial charge in [-0.3, -0.25) is 5.32 Å². The zero-order chi connectivity index (χ0) is 19.4. The van der Waals surface area contributed by atoms with Crippen molar-refractivity contribution in [3.05, 3.63) is 40.4 Å². The highest BCUT2D eigenvalue weighted by Gasteiger charge is 2.30. The molecular weight excluding hydrogens is 377 g/mol. The highest BCUT2D eigenvalue weighted by Crippen LogP contribution is 2.35. The lowest BCUT2D eigenvalue weighted by Crippen LogP contribution is -2.30. The summed E-state index contributed by atoms with van der Waals surface area (Å²) < 4.78 is 37.8. The Bertz CT molecular complexity index is 770. The first-order chi connectivity index (χ1) is 12.8. The Kier molecular flexibility index (Phi) is 5.98. The van der Waals surface area contributed by atoms with E-state index in [4.69, 9.17) is 0 Å². The molecule has 1 heterocycles. The molecule has 0 unspecified atom stereocenters. The number of urea groups is 1. The van der Waals surface area contributed by atoms with Gasteiger partial charge in [-0.15, -0.1) is 10.2 Å². The highest BCUT2D eigenvalue weighted by atomic mass is 32.1. The molecule has 1 aromatic carbocycles. The number of nitrogens with one attached hydrogen (secondary N) is 1. The molecule has 1 N–H and O–H groups in total. The van der Waals surface area contributed by atoms with E-state index in [1.165, 1.54) is 47.6 Å². The molecule has 0 aliphatic heterocycles. The number of carbonyl (C=O) groups excluding carboxylic acids is 1. The molecule has 1 aromatic heterocycles. The maximum absolute atomic E-state index is 12.6. The molecule has 1 saturated carbocycles. The molecule has 1 aliphatic carbocycles. The van der Waals surface area contributed by atoms with Crippen molar-refractivity contribution in [3.8, 4) is 0 Å². The second-order valence-electron chi connectivity index (χ2n) is 6.76. The fourth-order valence-corrected chi connectivity index (χ4v) is 4.03. The van der Waals surface area contributed by atoms with E-state index in [2.05, 4.69) is 15.5 Å². The van der Waals surface area contributed by atoms with Crippen molar-refractivity contribution in [2.45, 2.75) is 50.7 Å². The van der Waals surface area contributed by atoms with E-state index < -0.39 is 11.7 Å². The standard InChI is InChI=1S/C18H21F3N4OS/c1-25(11-12-7-9-14(10-8-12)18(19,20)21)17(26)22-16-24-23-15(27-16)13-5-3-2-4-6-13/h7-10,13H,2-6,11H2,1H3,(H,22,24,26). The summed E-state index contributed by atoms with van der Waals surface area (Å²) in [6.07, 6.45) is 1.50. The van der Waals surface area contributed by atoms with Crippen molar-refractivity contribution in [3.63, 3.8) is 0 Å². The van der Waals surface area contributed by atoms with Crippen LogP contribution in [0.4, 0.5) is 23.1 Å². The maximum Gasteiger partial charge on any atom is 0.416 e. The molecule has 0 atom stereocenters. The number of alkyl halides is 3. The van der Waals surface area contributed by atoms with Gasteiger partial charge in [0, 0.05) is 19.5 Å². The largest absolute Gasteiger partial charge is 0.416 e. The van der Waals surface area contributed by atoms with Crippen LogP contribution in [0.15, 0.2) is 24.3 Å². The summed E-state index contributed by atoms with van der Waals surface area (Å²) in [5.74, 6) is 0.423. The van der Waals surface area contributed by atoms with Gasteiger partial charge in [-0.25, -0.2) is 4.79 Å². The van der Waals surface area contributed by atoms with Crippen LogP contribution >= 0.6 is 11.3 Å². The zero-order valence-corrected chi connectivity index (χ0v) is 15.7. The lowest BCUT2D eigenvalue weighted by atomic mass is 9.90. The van der Waals surface area contributed by atoms with Crippen molar-refractivity contribution in [2.75, 3.05) is 12.4 Å². The van der Waals surface area contributed by atoms with Gasteiger partial charge in [-0.1, -0.05) is 42.7 Å². The number of benzene rings is 1. The average Bonchev–Trinajstić information content (AvgIpc) is 3.10. The van der Waals surface area contributed by atoms with E-state index in [0.29, 0.717) is 16.6 Å². The first-order valence-electron chi connectivity index (χ1n) is 8.84. The van der Waals surface area contributed by atoms with Crippen molar-refractivity contribution in [1.82, 2.24) is 15.1 Å². The topological polar surface area (TPSA) is 58.1 Å². The number of rotatable bonds is 4. The van der Waals surface area contributed by atoms with Crippen LogP contribution in [0.3, 0.4) is 0 Å². The highest BCUT2D eigenvalue weighted by molar-refractivity contribution is 7.15. The minimum atomic E-state index is -4.37. The Labute approximate surface area is 159 Å². The lowest BCUT2D eigenvalue weighted by molar-refractivity contribution is -0.137. The SMILES string of the molecule is CN(Cc1ccc(C(F)(F)F)cc1)C(=O)Nc1nnc(C2CCCCC2)s1. The average molecular weight is 398 g/mol. The van der Waals surface area contributed by atoms with Crippen molar-refractivity contribution < 1.29 is 18.0 Å². The number of aromatic nitrogens is 2. The predicted molar refractivity (Wildman–Crippen MR) is 97.7 cm³/mol. The van der Waals surface area contributed by atoms with Crippen LogP contribution in [0.1, 0.15) is 54.2 Å². The molecule has 3 rings (SSSR count). The molecule has 146 valence electrons. The molecule has 9 heteroatoms. The summed E-state index contributed by atoms with van der Waals surface area (Å²) in [6, 6.07) is 4.41. The summed E-state index contributed by atoms with van der Waals surface area (Å²) in [5, 5.41) is 12.3. The van der Waals surface area contributed by atoms with Gasteiger partial charge in [0.25, 0.3) is 0 Å². The third-order valence-corrected chi connectivity index (χ3v) is 5.66. The van der Waals surface area contributed by atoms with Gasteiger partial charge in [0.2, 0.25) is 5.13 Å². The number of amides is 2. The fourth-order valence-electron chi connectivity index (χ4n) is 3.13. The molecule has 0 radical (unpaired) electrons. The van der Waals surface area contributed by atoms with Crippen molar-refractivity contribution in [1.29, 1.82) is 0 Å². The van der Waals surface area contributed by atoms with E-state index in [-0.39, 0.29) is 12.6 Å². The number of halogens is 3. The summed E-state index contributed by atoms with van der Waals surface area (Å²) in [7, 11) is 1.58. The Balaban J connectivity index is 1.55. The van der Waals surface area contributed by atoms with Gasteiger partial charge in [0.15, 0.2) is 0 Å². The predicted octanol–water partition coefficient (Wildman–Crippen LogP) is 5.27. The van der Waals surface area contributed by atoms with Crippen LogP contribution < -0.4 is 5.32 Å². The number of nitrogens with zero attached hydrogens (tertiary/aromatic N) is 3. The van der Waals surface area contributed by atoms with E-state index in [9.17, 15) is 18.0 Å². The Morgan fingerprint density at radius 1 is 1.19 bits per heavy atom. The first-order valence-corrected chi connectivity index (χ1v) is 9.66. The molecule has 1 fully saturated rings. The van der Waals surface area contributed by atoms with Gasteiger partial charge in [0.1, 0.15) is 5.01 Å². The Hall–Kier alpha value is -2.16. The summed E-state index contributed by atoms with van der Waals surface area (Å²) >= 11 is 1.39. The monoisotopic (exact) mass is 398 g/mol. The lowest BCUT2D eigenvalue weighted by Gasteiger charge is -2.18. The minimum Gasteiger partial charge on any atom is -0.323 e. The Morgan fingerprint density at radius 2 is 1.85 bits per heavy atom. The first kappa shape index (κ1) is 19.6. The van der Waals surface area contributed by atoms with Gasteiger partial charge in [-0.05, 0) is 30.5 Å². The fraction of sp³-hybridized carbons (Fsp3) is 0.500. The maximum atomic E-state index is 12.6. The van der Waals surface area contributed by atoms with Crippen molar-refractivity contribution in [2.24, 2.45) is 0 Å². The van der Waals surface area contributed by atoms with Gasteiger partial charge >= 0.3 is 12.2 Å². The third-order valence-electron chi connectivity index (χ3n) is 4.66. The van der Waals surface area contributed by atoms with E-state index in [0.717, 1.165) is 30.0 Å². The normalized spacial score (nSPS) is 15.6. The smallest absolute Gasteiger partial charge is 0.323 e. The summed E-state index contributed by atoms with van der Waals surface area (Å²) in [6.45, 7) is 0.193. The quantitative estimate of drug-likeness (QED) is 0.763. The third kappa shape index (κ3) is 5.18. The molecule has 27 heavy (non-hydrogen) atoms. The molecule has 2 aromatic rings. The van der Waals surface area contributed by atoms with E-state index >= 15 is 0 Å². The number of hydrogen-bond donors (Lipinski definition) is 1. The van der Waals surface area contributed by atoms with E-state index in [1.807, 2.05) is 0 Å². The molecule has 5 nitrogen and oxygen atoms in total. The second-order valence-corrected chi connectivity index (χ2v) is 7.77. The second kappa shape index (κ2) is 8.24. The number of hydrogen-bond acceptors (Lipinski definition) is 4. The van der Waals surface area contributed by atoms with Gasteiger partial charge < -0.3 is 4.90 Å². The molecule has 0 saturated heterocycles. The van der Waals surface area contributed by atoms with Crippen LogP contribution in [-0.4, -0.2) is 28.2 Å². The van der Waals surface area contributed by atoms with E-state index in [1.54, 1.807) is 7.05 Å². The summed E-state index contributed by atoms with van der Waals surface area (Å²) in [4.78, 5) is 13.7. The van der Waals surface area contributed by atoms with Crippen molar-refractivity contribution >= 4 is 22.5 Å². The minimum absolute atomic E-state index is 0.193. The molecule has 0 bridgehead atoms. The van der Waals surface area contributed by atoms with Gasteiger partial charge in [-0.2, -0.15) is 13.2 Å². The molecule has 1 aliphatic rings. The Morgan fingerprint density at radius 3 is 2.48 bits per heavy atom. The molecule has 2 amide bonds. The van der Waals surface area contributed by atoms with Crippen LogP contribution in [0, 0.1) is 0 Å². The summed E-state index contributed by atoms with van der Waals surface area (Å²) in [5.41, 5.74) is -0.0942. The van der Waals surface area contributed by atoms with Crippen LogP contribution in [0.25, 0.3) is 0 Å². The zero-order valence-electron chi connectivity index (χ0n) is 14.9.